The smallest absolute Gasteiger partial charge is 0.302 e. The van der Waals surface area contributed by atoms with Gasteiger partial charge in [0.1, 0.15) is 0 Å². The fourth-order valence-corrected chi connectivity index (χ4v) is 2.96. The van der Waals surface area contributed by atoms with Gasteiger partial charge in [0.15, 0.2) is 0 Å². The topological polar surface area (TPSA) is 38.3 Å². The van der Waals surface area contributed by atoms with E-state index >= 15 is 0 Å². The van der Waals surface area contributed by atoms with E-state index < -0.39 is 0 Å². The summed E-state index contributed by atoms with van der Waals surface area (Å²) in [6, 6.07) is 6.97. The third-order valence-corrected chi connectivity index (χ3v) is 4.19. The lowest BCUT2D eigenvalue weighted by atomic mass is 9.79. The van der Waals surface area contributed by atoms with E-state index in [2.05, 4.69) is 48.3 Å². The van der Waals surface area contributed by atoms with Gasteiger partial charge in [-0.3, -0.25) is 4.79 Å². The lowest BCUT2D eigenvalue weighted by Crippen LogP contribution is -2.11. The van der Waals surface area contributed by atoms with Crippen LogP contribution in [0.2, 0.25) is 0 Å². The first kappa shape index (κ1) is 24.0. The van der Waals surface area contributed by atoms with Crippen molar-refractivity contribution in [3.8, 4) is 0 Å². The van der Waals surface area contributed by atoms with Crippen LogP contribution in [0, 0.1) is 6.92 Å². The first-order chi connectivity index (χ1) is 12.5. The van der Waals surface area contributed by atoms with E-state index in [9.17, 15) is 4.79 Å². The predicted molar refractivity (Wildman–Crippen MR) is 112 cm³/mol. The Morgan fingerprint density at radius 1 is 1.31 bits per heavy atom. The maximum Gasteiger partial charge on any atom is 0.302 e. The quantitative estimate of drug-likeness (QED) is 0.666. The van der Waals surface area contributed by atoms with Crippen LogP contribution < -0.4 is 5.32 Å². The molecule has 0 saturated carbocycles. The molecule has 1 atom stereocenters. The summed E-state index contributed by atoms with van der Waals surface area (Å²) in [7, 11) is 1.35. The molecule has 3 heteroatoms. The Kier molecular flexibility index (Phi) is 13.1. The molecule has 1 aliphatic rings. The summed E-state index contributed by atoms with van der Waals surface area (Å²) >= 11 is 0. The van der Waals surface area contributed by atoms with Crippen molar-refractivity contribution in [2.24, 2.45) is 0 Å². The van der Waals surface area contributed by atoms with Crippen LogP contribution in [0.15, 0.2) is 42.2 Å². The Morgan fingerprint density at radius 2 is 1.96 bits per heavy atom. The van der Waals surface area contributed by atoms with Crippen molar-refractivity contribution in [3.63, 3.8) is 0 Å². The molecule has 146 valence electrons. The van der Waals surface area contributed by atoms with E-state index in [1.807, 2.05) is 33.0 Å². The molecule has 0 bridgehead atoms. The number of carbonyl (C=O) groups excluding carboxylic acids is 1. The van der Waals surface area contributed by atoms with Crippen molar-refractivity contribution in [2.75, 3.05) is 7.11 Å². The maximum absolute atomic E-state index is 9.59. The fraction of sp³-hybridized carbons (Fsp3) is 0.522. The lowest BCUT2D eigenvalue weighted by Gasteiger charge is -2.26. The molecule has 1 aliphatic carbocycles. The molecule has 0 spiro atoms. The minimum atomic E-state index is -0.245. The Bertz CT molecular complexity index is 588. The molecular formula is C23H37NO2. The molecule has 0 heterocycles. The Labute approximate surface area is 160 Å². The van der Waals surface area contributed by atoms with Gasteiger partial charge in [-0.25, -0.2) is 0 Å². The Morgan fingerprint density at radius 3 is 2.54 bits per heavy atom. The number of fused-ring (bicyclic) bond motifs is 1. The third kappa shape index (κ3) is 9.45. The molecule has 0 fully saturated rings. The molecule has 1 aromatic carbocycles. The van der Waals surface area contributed by atoms with E-state index in [0.29, 0.717) is 5.92 Å². The molecule has 1 N–H and O–H groups in total. The number of methoxy groups -OCH3 is 1. The standard InChI is InChI=1S/C18H25N.C3H6O2.C2H6/c1-4-10-19-13-15(3)11-17-7-5-6-16-9-8-14(2)12-18(16)17;1-3(4)5-2;1-2/h4,8-10,12-13,17,19H,5-7,11H2,1-3H3;1-2H3;1-2H3/b10-4-,15-13+;;. The monoisotopic (exact) mass is 359 g/mol. The Balaban J connectivity index is 0.000000772. The van der Waals surface area contributed by atoms with E-state index in [1.165, 1.54) is 50.9 Å². The van der Waals surface area contributed by atoms with Gasteiger partial charge in [0.2, 0.25) is 0 Å². The molecule has 2 rings (SSSR count). The van der Waals surface area contributed by atoms with Crippen LogP contribution in [0.1, 0.15) is 76.5 Å². The second-order valence-corrected chi connectivity index (χ2v) is 6.35. The summed E-state index contributed by atoms with van der Waals surface area (Å²) in [4.78, 5) is 9.59. The zero-order chi connectivity index (χ0) is 19.9. The van der Waals surface area contributed by atoms with Crippen molar-refractivity contribution in [1.82, 2.24) is 5.32 Å². The summed E-state index contributed by atoms with van der Waals surface area (Å²) in [6.45, 7) is 11.8. The van der Waals surface area contributed by atoms with Gasteiger partial charge in [0.05, 0.1) is 7.11 Å². The number of ether oxygens (including phenoxy) is 1. The summed E-state index contributed by atoms with van der Waals surface area (Å²) in [5, 5.41) is 3.22. The molecule has 3 nitrogen and oxygen atoms in total. The van der Waals surface area contributed by atoms with Crippen LogP contribution in [-0.4, -0.2) is 13.1 Å². The number of nitrogens with one attached hydrogen (secondary N) is 1. The number of hydrogen-bond acceptors (Lipinski definition) is 3. The number of allylic oxidation sites excluding steroid dienone is 2. The zero-order valence-electron chi connectivity index (χ0n) is 17.7. The van der Waals surface area contributed by atoms with Gasteiger partial charge in [-0.05, 0) is 75.9 Å². The van der Waals surface area contributed by atoms with Crippen LogP contribution in [0.5, 0.6) is 0 Å². The molecule has 0 saturated heterocycles. The first-order valence-electron chi connectivity index (χ1n) is 9.64. The summed E-state index contributed by atoms with van der Waals surface area (Å²) in [5.74, 6) is 0.456. The Hall–Kier alpha value is -2.03. The van der Waals surface area contributed by atoms with Crippen molar-refractivity contribution in [3.05, 3.63) is 58.9 Å². The maximum atomic E-state index is 9.59. The fourth-order valence-electron chi connectivity index (χ4n) is 2.96. The number of carbonyl (C=O) groups is 1. The van der Waals surface area contributed by atoms with Crippen molar-refractivity contribution in [1.29, 1.82) is 0 Å². The summed E-state index contributed by atoms with van der Waals surface area (Å²) < 4.78 is 4.11. The molecule has 0 radical (unpaired) electrons. The average Bonchev–Trinajstić information content (AvgIpc) is 2.64. The second kappa shape index (κ2) is 14.2. The number of esters is 1. The molecule has 0 aromatic heterocycles. The van der Waals surface area contributed by atoms with E-state index in [4.69, 9.17) is 0 Å². The van der Waals surface area contributed by atoms with Gasteiger partial charge in [-0.2, -0.15) is 0 Å². The highest BCUT2D eigenvalue weighted by Crippen LogP contribution is 2.36. The van der Waals surface area contributed by atoms with E-state index in [1.54, 1.807) is 11.1 Å². The van der Waals surface area contributed by atoms with Gasteiger partial charge in [0, 0.05) is 6.92 Å². The van der Waals surface area contributed by atoms with E-state index in [0.717, 1.165) is 0 Å². The molecular weight excluding hydrogens is 322 g/mol. The first-order valence-corrected chi connectivity index (χ1v) is 9.64. The number of hydrogen-bond donors (Lipinski definition) is 1. The van der Waals surface area contributed by atoms with Crippen molar-refractivity contribution >= 4 is 5.97 Å². The van der Waals surface area contributed by atoms with Crippen LogP contribution in [0.25, 0.3) is 0 Å². The van der Waals surface area contributed by atoms with Gasteiger partial charge >= 0.3 is 5.97 Å². The molecule has 0 amide bonds. The predicted octanol–water partition coefficient (Wildman–Crippen LogP) is 6.04. The number of benzene rings is 1. The van der Waals surface area contributed by atoms with Crippen LogP contribution in [0.4, 0.5) is 0 Å². The number of rotatable bonds is 4. The van der Waals surface area contributed by atoms with E-state index in [-0.39, 0.29) is 5.97 Å². The van der Waals surface area contributed by atoms with Gasteiger partial charge in [-0.1, -0.05) is 49.3 Å². The van der Waals surface area contributed by atoms with Crippen LogP contribution >= 0.6 is 0 Å². The van der Waals surface area contributed by atoms with Crippen LogP contribution in [0.3, 0.4) is 0 Å². The normalized spacial score (nSPS) is 15.8. The highest BCUT2D eigenvalue weighted by Gasteiger charge is 2.20. The average molecular weight is 360 g/mol. The second-order valence-electron chi connectivity index (χ2n) is 6.35. The largest absolute Gasteiger partial charge is 0.469 e. The minimum absolute atomic E-state index is 0.245. The molecule has 0 aliphatic heterocycles. The summed E-state index contributed by atoms with van der Waals surface area (Å²) in [6.07, 6.45) is 11.2. The molecule has 26 heavy (non-hydrogen) atoms. The highest BCUT2D eigenvalue weighted by molar-refractivity contribution is 5.65. The van der Waals surface area contributed by atoms with Gasteiger partial charge in [0.25, 0.3) is 0 Å². The number of aryl methyl sites for hydroxylation is 2. The highest BCUT2D eigenvalue weighted by atomic mass is 16.5. The summed E-state index contributed by atoms with van der Waals surface area (Å²) in [5.41, 5.74) is 5.97. The van der Waals surface area contributed by atoms with Gasteiger partial charge < -0.3 is 10.1 Å². The molecule has 1 unspecified atom stereocenters. The SMILES string of the molecule is C/C=C\N/C=C(\C)CC1CCCc2ccc(C)cc21.CC.COC(C)=O. The minimum Gasteiger partial charge on any atom is -0.469 e. The zero-order valence-corrected chi connectivity index (χ0v) is 17.7. The van der Waals surface area contributed by atoms with Gasteiger partial charge in [-0.15, -0.1) is 0 Å². The van der Waals surface area contributed by atoms with Crippen LogP contribution in [-0.2, 0) is 16.0 Å². The van der Waals surface area contributed by atoms with Crippen molar-refractivity contribution < 1.29 is 9.53 Å². The molecule has 1 aromatic rings. The van der Waals surface area contributed by atoms with Crippen molar-refractivity contribution in [2.45, 2.75) is 73.1 Å². The lowest BCUT2D eigenvalue weighted by molar-refractivity contribution is -0.137. The third-order valence-electron chi connectivity index (χ3n) is 4.19.